The molecule has 1 saturated heterocycles. The summed E-state index contributed by atoms with van der Waals surface area (Å²) in [5, 5.41) is 23.2. The molecule has 31 heavy (non-hydrogen) atoms. The molecule has 3 N–H and O–H groups in total. The highest BCUT2D eigenvalue weighted by Gasteiger charge is 2.64. The van der Waals surface area contributed by atoms with Crippen LogP contribution in [0.2, 0.25) is 0 Å². The van der Waals surface area contributed by atoms with Crippen molar-refractivity contribution in [2.24, 2.45) is 29.6 Å². The molecule has 3 aliphatic rings. The van der Waals surface area contributed by atoms with Crippen LogP contribution in [0.25, 0.3) is 0 Å². The van der Waals surface area contributed by atoms with Gasteiger partial charge in [-0.2, -0.15) is 0 Å². The van der Waals surface area contributed by atoms with Crippen molar-refractivity contribution in [3.05, 3.63) is 35.5 Å². The fourth-order valence-electron chi connectivity index (χ4n) is 5.69. The second-order valence-electron chi connectivity index (χ2n) is 10.1. The van der Waals surface area contributed by atoms with E-state index in [9.17, 15) is 19.8 Å². The van der Waals surface area contributed by atoms with E-state index in [1.165, 1.54) is 17.7 Å². The minimum absolute atomic E-state index is 0.0538. The molecule has 0 aromatic heterocycles. The zero-order valence-corrected chi connectivity index (χ0v) is 19.3. The summed E-state index contributed by atoms with van der Waals surface area (Å²) in [4.78, 5) is 26.3. The first-order valence-electron chi connectivity index (χ1n) is 11.4. The first-order chi connectivity index (χ1) is 14.6. The van der Waals surface area contributed by atoms with Crippen molar-refractivity contribution in [1.82, 2.24) is 5.32 Å². The van der Waals surface area contributed by atoms with Crippen molar-refractivity contribution in [2.45, 2.75) is 71.6 Å². The molecule has 0 saturated carbocycles. The molecule has 1 aliphatic carbocycles. The highest BCUT2D eigenvalue weighted by atomic mass is 16.6. The van der Waals surface area contributed by atoms with Crippen LogP contribution in [0.3, 0.4) is 0 Å². The van der Waals surface area contributed by atoms with Crippen LogP contribution < -0.4 is 5.32 Å². The van der Waals surface area contributed by atoms with E-state index in [2.05, 4.69) is 39.1 Å². The number of hydrogen-bond acceptors (Lipinski definition) is 5. The zero-order valence-electron chi connectivity index (χ0n) is 19.3. The number of carbonyl (C=O) groups is 2. The molecule has 0 aromatic carbocycles. The summed E-state index contributed by atoms with van der Waals surface area (Å²) in [6, 6.07) is -0.0807. The highest BCUT2D eigenvalue weighted by molar-refractivity contribution is 5.94. The second-order valence-corrected chi connectivity index (χ2v) is 10.1. The normalized spacial score (nSPS) is 41.5. The molecule has 0 aromatic rings. The number of hydrogen-bond donors (Lipinski definition) is 3. The van der Waals surface area contributed by atoms with E-state index in [0.717, 1.165) is 12.0 Å². The number of carbonyl (C=O) groups excluding carboxylic acids is 2. The lowest BCUT2D eigenvalue weighted by atomic mass is 9.63. The maximum atomic E-state index is 13.5. The van der Waals surface area contributed by atoms with E-state index in [-0.39, 0.29) is 42.2 Å². The number of aliphatic hydroxyl groups excluding tert-OH is 2. The van der Waals surface area contributed by atoms with Crippen LogP contribution in [0.4, 0.5) is 0 Å². The Morgan fingerprint density at radius 1 is 1.26 bits per heavy atom. The Balaban J connectivity index is 2.14. The average molecular weight is 432 g/mol. The zero-order chi connectivity index (χ0) is 22.9. The first-order valence-corrected chi connectivity index (χ1v) is 11.4. The molecule has 3 rings (SSSR count). The van der Waals surface area contributed by atoms with Crippen molar-refractivity contribution >= 4 is 11.9 Å². The van der Waals surface area contributed by atoms with E-state index in [4.69, 9.17) is 4.74 Å². The largest absolute Gasteiger partial charge is 0.444 e. The summed E-state index contributed by atoms with van der Waals surface area (Å²) in [6.45, 7) is 10.4. The van der Waals surface area contributed by atoms with Gasteiger partial charge in [0.2, 0.25) is 5.60 Å². The molecule has 0 radical (unpaired) electrons. The predicted octanol–water partition coefficient (Wildman–Crippen LogP) is 2.91. The van der Waals surface area contributed by atoms with E-state index >= 15 is 0 Å². The molecule has 0 unspecified atom stereocenters. The van der Waals surface area contributed by atoms with Crippen LogP contribution in [-0.4, -0.2) is 46.4 Å². The number of esters is 1. The highest BCUT2D eigenvalue weighted by Crippen LogP contribution is 2.51. The lowest BCUT2D eigenvalue weighted by Gasteiger charge is -2.45. The van der Waals surface area contributed by atoms with Gasteiger partial charge in [0, 0.05) is 30.6 Å². The monoisotopic (exact) mass is 431 g/mol. The van der Waals surface area contributed by atoms with Crippen LogP contribution in [0, 0.1) is 29.6 Å². The fourth-order valence-corrected chi connectivity index (χ4v) is 5.69. The Bertz CT molecular complexity index is 798. The minimum atomic E-state index is -1.32. The summed E-state index contributed by atoms with van der Waals surface area (Å²) in [5.74, 6) is -1.10. The molecular weight excluding hydrogens is 394 g/mol. The quantitative estimate of drug-likeness (QED) is 0.472. The Morgan fingerprint density at radius 2 is 1.97 bits per heavy atom. The molecule has 0 bridgehead atoms. The van der Waals surface area contributed by atoms with Gasteiger partial charge < -0.3 is 20.3 Å². The molecule has 1 amide bonds. The van der Waals surface area contributed by atoms with Gasteiger partial charge in [-0.15, -0.1) is 0 Å². The Hall–Kier alpha value is -1.92. The number of nitrogens with one attached hydrogen (secondary N) is 1. The summed E-state index contributed by atoms with van der Waals surface area (Å²) in [7, 11) is 0. The van der Waals surface area contributed by atoms with Crippen LogP contribution in [-0.2, 0) is 14.3 Å². The number of ether oxygens (including phenoxy) is 1. The molecule has 6 heteroatoms. The fraction of sp³-hybridized carbons (Fsp3) is 0.680. The van der Waals surface area contributed by atoms with Gasteiger partial charge in [-0.25, -0.2) is 4.79 Å². The van der Waals surface area contributed by atoms with Crippen molar-refractivity contribution < 1.29 is 24.5 Å². The maximum Gasteiger partial charge on any atom is 0.331 e. The standard InChI is InChI=1S/C25H37NO5/c1-14(2)8-21-23-17(5)16(4)11-19-10-15(3)9-18(13-27)12-20(28)6-7-22(29)31-25(19,23)24(30)26-21/h6-7,10-11,14,17-21,23,27-28H,8-9,12-13H2,1-5H3,(H,26,30)/b7-6-,15-10+/t17-,18+,19+,20-,21+,23+,25-/m1/s1. The van der Waals surface area contributed by atoms with E-state index in [1.807, 2.05) is 13.0 Å². The van der Waals surface area contributed by atoms with Crippen LogP contribution in [0.5, 0.6) is 0 Å². The van der Waals surface area contributed by atoms with Crippen molar-refractivity contribution in [3.63, 3.8) is 0 Å². The maximum absolute atomic E-state index is 13.5. The third kappa shape index (κ3) is 4.65. The molecule has 172 valence electrons. The van der Waals surface area contributed by atoms with Crippen molar-refractivity contribution in [2.75, 3.05) is 6.61 Å². The topological polar surface area (TPSA) is 95.9 Å². The van der Waals surface area contributed by atoms with Gasteiger partial charge in [0.25, 0.3) is 5.91 Å². The molecular formula is C25H37NO5. The molecule has 2 aliphatic heterocycles. The predicted molar refractivity (Wildman–Crippen MR) is 119 cm³/mol. The summed E-state index contributed by atoms with van der Waals surface area (Å²) in [5.41, 5.74) is 0.876. The van der Waals surface area contributed by atoms with Crippen LogP contribution >= 0.6 is 0 Å². The molecule has 7 atom stereocenters. The number of rotatable bonds is 3. The lowest BCUT2D eigenvalue weighted by molar-refractivity contribution is -0.172. The Kier molecular flexibility index (Phi) is 7.11. The van der Waals surface area contributed by atoms with Gasteiger partial charge in [-0.1, -0.05) is 44.1 Å². The third-order valence-electron chi connectivity index (χ3n) is 7.15. The van der Waals surface area contributed by atoms with Crippen molar-refractivity contribution in [1.29, 1.82) is 0 Å². The van der Waals surface area contributed by atoms with E-state index in [1.54, 1.807) is 0 Å². The summed E-state index contributed by atoms with van der Waals surface area (Å²) >= 11 is 0. The van der Waals surface area contributed by atoms with Gasteiger partial charge in [0.1, 0.15) is 0 Å². The summed E-state index contributed by atoms with van der Waals surface area (Å²) in [6.07, 6.45) is 7.61. The smallest absolute Gasteiger partial charge is 0.331 e. The van der Waals surface area contributed by atoms with Crippen molar-refractivity contribution in [3.8, 4) is 0 Å². The third-order valence-corrected chi connectivity index (χ3v) is 7.15. The Morgan fingerprint density at radius 3 is 2.61 bits per heavy atom. The van der Waals surface area contributed by atoms with Gasteiger partial charge in [-0.3, -0.25) is 4.79 Å². The second kappa shape index (κ2) is 9.29. The first kappa shape index (κ1) is 23.7. The lowest BCUT2D eigenvalue weighted by Crippen LogP contribution is -2.56. The summed E-state index contributed by atoms with van der Waals surface area (Å²) < 4.78 is 6.04. The number of amides is 1. The molecule has 2 heterocycles. The van der Waals surface area contributed by atoms with E-state index in [0.29, 0.717) is 18.8 Å². The van der Waals surface area contributed by atoms with Gasteiger partial charge in [0.05, 0.1) is 6.10 Å². The number of aliphatic hydroxyl groups is 2. The molecule has 1 fully saturated rings. The van der Waals surface area contributed by atoms with Crippen LogP contribution in [0.15, 0.2) is 35.5 Å². The van der Waals surface area contributed by atoms with E-state index < -0.39 is 17.7 Å². The van der Waals surface area contributed by atoms with Crippen LogP contribution in [0.1, 0.15) is 53.9 Å². The SMILES string of the molecule is CC1=C[C@@H]2/C=C(\C)C[C@H](CO)C[C@H](O)/C=C\C(=O)O[C@]23C(=O)N[C@@H](CC(C)C)[C@@H]3[C@@H]1C. The number of allylic oxidation sites excluding steroid dienone is 2. The average Bonchev–Trinajstić information content (AvgIpc) is 2.94. The molecule has 1 spiro atoms. The molecule has 6 nitrogen and oxygen atoms in total. The van der Waals surface area contributed by atoms with Gasteiger partial charge >= 0.3 is 5.97 Å². The van der Waals surface area contributed by atoms with Gasteiger partial charge in [-0.05, 0) is 56.9 Å². The minimum Gasteiger partial charge on any atom is -0.444 e. The van der Waals surface area contributed by atoms with Gasteiger partial charge in [0.15, 0.2) is 0 Å². The Labute approximate surface area is 185 Å².